The number of imidazole rings is 1. The Labute approximate surface area is 217 Å². The Morgan fingerprint density at radius 1 is 1.08 bits per heavy atom. The molecule has 3 aromatic carbocycles. The summed E-state index contributed by atoms with van der Waals surface area (Å²) in [6.07, 6.45) is 3.18. The van der Waals surface area contributed by atoms with E-state index in [2.05, 4.69) is 52.4 Å². The van der Waals surface area contributed by atoms with E-state index in [4.69, 9.17) is 16.3 Å². The summed E-state index contributed by atoms with van der Waals surface area (Å²) in [5, 5.41) is 0.663. The van der Waals surface area contributed by atoms with Crippen LogP contribution in [0.25, 0.3) is 22.6 Å². The molecule has 1 N–H and O–H groups in total. The fraction of sp³-hybridized carbons (Fsp3) is 0.267. The van der Waals surface area contributed by atoms with Gasteiger partial charge in [-0.05, 0) is 73.6 Å². The van der Waals surface area contributed by atoms with Gasteiger partial charge in [0.15, 0.2) is 0 Å². The van der Waals surface area contributed by atoms with Crippen molar-refractivity contribution < 1.29 is 9.53 Å². The number of amides is 1. The normalized spacial score (nSPS) is 13.4. The molecule has 6 heteroatoms. The number of H-pyrrole nitrogens is 1. The molecule has 1 aromatic heterocycles. The quantitative estimate of drug-likeness (QED) is 0.321. The second kappa shape index (κ2) is 9.82. The maximum atomic E-state index is 12.6. The minimum absolute atomic E-state index is 0.255. The Kier molecular flexibility index (Phi) is 6.59. The minimum atomic E-state index is -0.499. The lowest BCUT2D eigenvalue weighted by Gasteiger charge is -2.32. The first-order valence-electron chi connectivity index (χ1n) is 12.2. The minimum Gasteiger partial charge on any atom is -0.444 e. The van der Waals surface area contributed by atoms with Gasteiger partial charge in [0.2, 0.25) is 0 Å². The van der Waals surface area contributed by atoms with Crippen molar-refractivity contribution in [1.29, 1.82) is 0 Å². The number of carbonyl (C=O) groups is 1. The molecule has 5 nitrogen and oxygen atoms in total. The van der Waals surface area contributed by atoms with Gasteiger partial charge in [-0.3, -0.25) is 0 Å². The largest absolute Gasteiger partial charge is 0.444 e. The molecule has 0 radical (unpaired) electrons. The Morgan fingerprint density at radius 3 is 2.67 bits per heavy atom. The molecule has 0 aliphatic carbocycles. The number of halogens is 1. The first-order valence-corrected chi connectivity index (χ1v) is 12.6. The average Bonchev–Trinajstić information content (AvgIpc) is 3.35. The van der Waals surface area contributed by atoms with E-state index in [1.165, 1.54) is 16.7 Å². The molecule has 5 rings (SSSR count). The zero-order chi connectivity index (χ0) is 25.3. The monoisotopic (exact) mass is 499 g/mol. The highest BCUT2D eigenvalue weighted by Gasteiger charge is 2.26. The van der Waals surface area contributed by atoms with Crippen LogP contribution >= 0.6 is 11.6 Å². The highest BCUT2D eigenvalue weighted by atomic mass is 35.5. The molecule has 0 bridgehead atoms. The summed E-state index contributed by atoms with van der Waals surface area (Å²) in [4.78, 5) is 22.4. The van der Waals surface area contributed by atoms with Crippen molar-refractivity contribution in [2.45, 2.75) is 45.8 Å². The zero-order valence-corrected chi connectivity index (χ0v) is 21.6. The number of carbonyl (C=O) groups excluding carboxylic acids is 1. The van der Waals surface area contributed by atoms with Crippen molar-refractivity contribution in [3.05, 3.63) is 100 Å². The van der Waals surface area contributed by atoms with E-state index in [0.717, 1.165) is 41.1 Å². The second-order valence-corrected chi connectivity index (χ2v) is 10.6. The number of nitrogens with zero attached hydrogens (tertiary/aromatic N) is 2. The molecule has 0 spiro atoms. The topological polar surface area (TPSA) is 58.2 Å². The fourth-order valence-electron chi connectivity index (χ4n) is 4.64. The van der Waals surface area contributed by atoms with E-state index in [1.54, 1.807) is 4.90 Å². The Bertz CT molecular complexity index is 1390. The second-order valence-electron chi connectivity index (χ2n) is 10.2. The third kappa shape index (κ3) is 5.31. The van der Waals surface area contributed by atoms with E-state index in [-0.39, 0.29) is 6.09 Å². The van der Waals surface area contributed by atoms with E-state index in [1.807, 2.05) is 51.2 Å². The number of ether oxygens (including phenoxy) is 1. The molecule has 1 aliphatic heterocycles. The Morgan fingerprint density at radius 2 is 1.89 bits per heavy atom. The van der Waals surface area contributed by atoms with Gasteiger partial charge in [-0.1, -0.05) is 66.2 Å². The number of benzene rings is 3. The third-order valence-electron chi connectivity index (χ3n) is 6.36. The standard InChI is InChI=1S/C30H30ClN3O2/c1-30(2,3)36-29(35)34-15-14-24-22(10-7-11-23(24)19-34)16-20-12-13-26(31)25(17-20)28-32-18-27(33-28)21-8-5-4-6-9-21/h4-13,17-18H,14-16,19H2,1-3H3,(H,32,33). The summed E-state index contributed by atoms with van der Waals surface area (Å²) < 4.78 is 5.58. The van der Waals surface area contributed by atoms with Crippen LogP contribution in [0.1, 0.15) is 43.0 Å². The van der Waals surface area contributed by atoms with Crippen molar-refractivity contribution in [2.24, 2.45) is 0 Å². The molecule has 2 heterocycles. The van der Waals surface area contributed by atoms with Crippen LogP contribution in [0.4, 0.5) is 4.79 Å². The summed E-state index contributed by atoms with van der Waals surface area (Å²) in [5.74, 6) is 0.754. The van der Waals surface area contributed by atoms with Gasteiger partial charge in [0.25, 0.3) is 0 Å². The first kappa shape index (κ1) is 24.1. The van der Waals surface area contributed by atoms with Crippen LogP contribution in [-0.2, 0) is 24.1 Å². The third-order valence-corrected chi connectivity index (χ3v) is 6.69. The zero-order valence-electron chi connectivity index (χ0n) is 20.8. The van der Waals surface area contributed by atoms with Crippen molar-refractivity contribution in [3.63, 3.8) is 0 Å². The molecular formula is C30H30ClN3O2. The summed E-state index contributed by atoms with van der Waals surface area (Å²) >= 11 is 6.59. The van der Waals surface area contributed by atoms with Crippen LogP contribution in [0.5, 0.6) is 0 Å². The molecule has 0 saturated heterocycles. The highest BCUT2D eigenvalue weighted by molar-refractivity contribution is 6.33. The predicted molar refractivity (Wildman–Crippen MR) is 144 cm³/mol. The number of hydrogen-bond donors (Lipinski definition) is 1. The molecule has 1 aliphatic rings. The molecule has 0 unspecified atom stereocenters. The van der Waals surface area contributed by atoms with Crippen LogP contribution in [0.15, 0.2) is 72.9 Å². The maximum Gasteiger partial charge on any atom is 0.410 e. The van der Waals surface area contributed by atoms with Crippen LogP contribution in [0.2, 0.25) is 5.02 Å². The van der Waals surface area contributed by atoms with Gasteiger partial charge in [-0.15, -0.1) is 0 Å². The van der Waals surface area contributed by atoms with Gasteiger partial charge in [-0.2, -0.15) is 0 Å². The Balaban J connectivity index is 1.37. The molecule has 0 fully saturated rings. The lowest BCUT2D eigenvalue weighted by atomic mass is 9.91. The van der Waals surface area contributed by atoms with E-state index in [9.17, 15) is 4.79 Å². The first-order chi connectivity index (χ1) is 17.3. The van der Waals surface area contributed by atoms with Gasteiger partial charge in [0.05, 0.1) is 16.9 Å². The number of fused-ring (bicyclic) bond motifs is 1. The molecule has 36 heavy (non-hydrogen) atoms. The summed E-state index contributed by atoms with van der Waals surface area (Å²) in [6, 6.07) is 22.6. The van der Waals surface area contributed by atoms with Crippen molar-refractivity contribution in [3.8, 4) is 22.6 Å². The van der Waals surface area contributed by atoms with Gasteiger partial charge in [0, 0.05) is 18.7 Å². The van der Waals surface area contributed by atoms with Crippen molar-refractivity contribution in [2.75, 3.05) is 6.54 Å². The smallest absolute Gasteiger partial charge is 0.410 e. The maximum absolute atomic E-state index is 12.6. The summed E-state index contributed by atoms with van der Waals surface area (Å²) in [5.41, 5.74) is 7.36. The molecular weight excluding hydrogens is 470 g/mol. The predicted octanol–water partition coefficient (Wildman–Crippen LogP) is 7.28. The average molecular weight is 500 g/mol. The lowest BCUT2D eigenvalue weighted by Crippen LogP contribution is -2.40. The molecule has 184 valence electrons. The number of rotatable bonds is 4. The SMILES string of the molecule is CC(C)(C)OC(=O)N1CCc2c(Cc3ccc(Cl)c(-c4ncc(-c5ccccc5)[nH]4)c3)cccc2C1. The van der Waals surface area contributed by atoms with Gasteiger partial charge >= 0.3 is 6.09 Å². The van der Waals surface area contributed by atoms with Crippen LogP contribution in [-0.4, -0.2) is 33.1 Å². The fourth-order valence-corrected chi connectivity index (χ4v) is 4.85. The number of nitrogens with one attached hydrogen (secondary N) is 1. The van der Waals surface area contributed by atoms with Crippen molar-refractivity contribution >= 4 is 17.7 Å². The van der Waals surface area contributed by atoms with E-state index in [0.29, 0.717) is 18.1 Å². The lowest BCUT2D eigenvalue weighted by molar-refractivity contribution is 0.0223. The van der Waals surface area contributed by atoms with E-state index >= 15 is 0 Å². The molecule has 0 saturated carbocycles. The molecule has 4 aromatic rings. The molecule has 1 amide bonds. The van der Waals surface area contributed by atoms with E-state index < -0.39 is 5.60 Å². The Hall–Kier alpha value is -3.57. The summed E-state index contributed by atoms with van der Waals surface area (Å²) in [7, 11) is 0. The van der Waals surface area contributed by atoms with Crippen LogP contribution in [0.3, 0.4) is 0 Å². The van der Waals surface area contributed by atoms with Gasteiger partial charge in [0.1, 0.15) is 11.4 Å². The number of aromatic nitrogens is 2. The van der Waals surface area contributed by atoms with Gasteiger partial charge in [-0.25, -0.2) is 9.78 Å². The van der Waals surface area contributed by atoms with Crippen LogP contribution < -0.4 is 0 Å². The summed E-state index contributed by atoms with van der Waals surface area (Å²) in [6.45, 7) is 6.91. The highest BCUT2D eigenvalue weighted by Crippen LogP contribution is 2.31. The molecule has 0 atom stereocenters. The van der Waals surface area contributed by atoms with Gasteiger partial charge < -0.3 is 14.6 Å². The number of aromatic amines is 1. The number of hydrogen-bond acceptors (Lipinski definition) is 3. The van der Waals surface area contributed by atoms with Crippen LogP contribution in [0, 0.1) is 0 Å². The van der Waals surface area contributed by atoms with Crippen molar-refractivity contribution in [1.82, 2.24) is 14.9 Å².